The van der Waals surface area contributed by atoms with Crippen molar-refractivity contribution in [3.05, 3.63) is 29.6 Å². The van der Waals surface area contributed by atoms with Crippen molar-refractivity contribution >= 4 is 5.97 Å². The SMILES string of the molecule is Cc1ccnc([C@](C)(N)CC(=O)O)c1. The van der Waals surface area contributed by atoms with Crippen molar-refractivity contribution in [3.8, 4) is 0 Å². The molecule has 0 aliphatic rings. The summed E-state index contributed by atoms with van der Waals surface area (Å²) in [7, 11) is 0. The van der Waals surface area contributed by atoms with E-state index in [1.165, 1.54) is 0 Å². The van der Waals surface area contributed by atoms with Crippen LogP contribution in [-0.2, 0) is 10.3 Å². The van der Waals surface area contributed by atoms with Gasteiger partial charge in [-0.1, -0.05) is 0 Å². The highest BCUT2D eigenvalue weighted by atomic mass is 16.4. The molecule has 0 radical (unpaired) electrons. The van der Waals surface area contributed by atoms with Gasteiger partial charge in [-0.25, -0.2) is 0 Å². The lowest BCUT2D eigenvalue weighted by atomic mass is 9.94. The molecule has 0 saturated carbocycles. The first-order valence-corrected chi connectivity index (χ1v) is 4.35. The Hall–Kier alpha value is -1.42. The predicted octanol–water partition coefficient (Wildman–Crippen LogP) is 1.04. The second-order valence-corrected chi connectivity index (χ2v) is 3.71. The zero-order valence-electron chi connectivity index (χ0n) is 8.32. The van der Waals surface area contributed by atoms with Gasteiger partial charge >= 0.3 is 5.97 Å². The summed E-state index contributed by atoms with van der Waals surface area (Å²) >= 11 is 0. The number of carbonyl (C=O) groups is 1. The van der Waals surface area contributed by atoms with E-state index >= 15 is 0 Å². The average Bonchev–Trinajstić information content (AvgIpc) is 2.01. The highest BCUT2D eigenvalue weighted by Crippen LogP contribution is 2.19. The Bertz CT molecular complexity index is 348. The fourth-order valence-electron chi connectivity index (χ4n) is 1.25. The largest absolute Gasteiger partial charge is 0.481 e. The number of rotatable bonds is 3. The monoisotopic (exact) mass is 194 g/mol. The third-order valence-electron chi connectivity index (χ3n) is 2.02. The molecule has 1 aromatic rings. The van der Waals surface area contributed by atoms with Crippen LogP contribution in [0.2, 0.25) is 0 Å². The number of nitrogens with two attached hydrogens (primary N) is 1. The average molecular weight is 194 g/mol. The van der Waals surface area contributed by atoms with E-state index < -0.39 is 11.5 Å². The summed E-state index contributed by atoms with van der Waals surface area (Å²) in [6, 6.07) is 3.66. The summed E-state index contributed by atoms with van der Waals surface area (Å²) in [6.07, 6.45) is 1.51. The first-order valence-electron chi connectivity index (χ1n) is 4.35. The number of carboxylic acids is 1. The smallest absolute Gasteiger partial charge is 0.305 e. The number of nitrogens with zero attached hydrogens (tertiary/aromatic N) is 1. The van der Waals surface area contributed by atoms with Crippen molar-refractivity contribution < 1.29 is 9.90 Å². The van der Waals surface area contributed by atoms with E-state index in [-0.39, 0.29) is 6.42 Å². The lowest BCUT2D eigenvalue weighted by Crippen LogP contribution is -2.36. The molecule has 0 aromatic carbocycles. The number of hydrogen-bond donors (Lipinski definition) is 2. The molecule has 0 amide bonds. The molecule has 4 nitrogen and oxygen atoms in total. The highest BCUT2D eigenvalue weighted by molar-refractivity contribution is 5.68. The molecule has 1 rings (SSSR count). The van der Waals surface area contributed by atoms with Crippen LogP contribution in [0.1, 0.15) is 24.6 Å². The van der Waals surface area contributed by atoms with Crippen LogP contribution in [0.15, 0.2) is 18.3 Å². The predicted molar refractivity (Wildman–Crippen MR) is 52.8 cm³/mol. The fraction of sp³-hybridized carbons (Fsp3) is 0.400. The lowest BCUT2D eigenvalue weighted by molar-refractivity contribution is -0.138. The van der Waals surface area contributed by atoms with Crippen molar-refractivity contribution in [3.63, 3.8) is 0 Å². The van der Waals surface area contributed by atoms with Gasteiger partial charge in [0, 0.05) is 6.20 Å². The van der Waals surface area contributed by atoms with Crippen molar-refractivity contribution in [2.75, 3.05) is 0 Å². The molecule has 1 heterocycles. The number of pyridine rings is 1. The maximum absolute atomic E-state index is 10.6. The molecule has 0 fully saturated rings. The minimum atomic E-state index is -0.918. The standard InChI is InChI=1S/C10H14N2O2/c1-7-3-4-12-8(5-7)10(2,11)6-9(13)14/h3-5H,6,11H2,1-2H3,(H,13,14)/t10-/m1/s1. The molecular formula is C10H14N2O2. The van der Waals surface area contributed by atoms with Crippen LogP contribution < -0.4 is 5.73 Å². The Morgan fingerprint density at radius 1 is 1.71 bits per heavy atom. The van der Waals surface area contributed by atoms with E-state index in [1.807, 2.05) is 19.1 Å². The van der Waals surface area contributed by atoms with Gasteiger partial charge in [0.15, 0.2) is 0 Å². The van der Waals surface area contributed by atoms with E-state index in [4.69, 9.17) is 10.8 Å². The summed E-state index contributed by atoms with van der Waals surface area (Å²) in [5, 5.41) is 8.67. The number of aryl methyl sites for hydroxylation is 1. The zero-order valence-corrected chi connectivity index (χ0v) is 8.32. The summed E-state index contributed by atoms with van der Waals surface area (Å²) in [6.45, 7) is 3.59. The van der Waals surface area contributed by atoms with Crippen molar-refractivity contribution in [1.29, 1.82) is 0 Å². The minimum Gasteiger partial charge on any atom is -0.481 e. The first kappa shape index (κ1) is 10.7. The Labute approximate surface area is 82.8 Å². The Morgan fingerprint density at radius 2 is 2.36 bits per heavy atom. The Balaban J connectivity index is 2.97. The molecule has 0 saturated heterocycles. The van der Waals surface area contributed by atoms with Crippen LogP contribution in [0.25, 0.3) is 0 Å². The zero-order chi connectivity index (χ0) is 10.8. The van der Waals surface area contributed by atoms with Crippen LogP contribution in [-0.4, -0.2) is 16.1 Å². The summed E-state index contributed by atoms with van der Waals surface area (Å²) < 4.78 is 0. The van der Waals surface area contributed by atoms with Gasteiger partial charge in [-0.2, -0.15) is 0 Å². The van der Waals surface area contributed by atoms with Crippen molar-refractivity contribution in [2.45, 2.75) is 25.8 Å². The molecule has 0 spiro atoms. The third kappa shape index (κ3) is 2.53. The maximum atomic E-state index is 10.6. The third-order valence-corrected chi connectivity index (χ3v) is 2.02. The second kappa shape index (κ2) is 3.75. The first-order chi connectivity index (χ1) is 6.42. The van der Waals surface area contributed by atoms with E-state index in [0.29, 0.717) is 5.69 Å². The normalized spacial score (nSPS) is 14.8. The fourth-order valence-corrected chi connectivity index (χ4v) is 1.25. The molecule has 0 unspecified atom stereocenters. The number of hydrogen-bond acceptors (Lipinski definition) is 3. The number of aromatic nitrogens is 1. The molecule has 0 aliphatic heterocycles. The van der Waals surface area contributed by atoms with Crippen molar-refractivity contribution in [1.82, 2.24) is 4.98 Å². The van der Waals surface area contributed by atoms with Gasteiger partial charge in [-0.3, -0.25) is 9.78 Å². The molecule has 4 heteroatoms. The van der Waals surface area contributed by atoms with Crippen LogP contribution in [0.5, 0.6) is 0 Å². The Kier molecular flexibility index (Phi) is 2.86. The van der Waals surface area contributed by atoms with Gasteiger partial charge in [-0.15, -0.1) is 0 Å². The summed E-state index contributed by atoms with van der Waals surface area (Å²) in [4.78, 5) is 14.6. The second-order valence-electron chi connectivity index (χ2n) is 3.71. The van der Waals surface area contributed by atoms with Crippen LogP contribution >= 0.6 is 0 Å². The number of carboxylic acid groups (broad SMARTS) is 1. The van der Waals surface area contributed by atoms with E-state index in [0.717, 1.165) is 5.56 Å². The van der Waals surface area contributed by atoms with Gasteiger partial charge in [0.1, 0.15) is 0 Å². The highest BCUT2D eigenvalue weighted by Gasteiger charge is 2.25. The van der Waals surface area contributed by atoms with E-state index in [1.54, 1.807) is 13.1 Å². The molecule has 0 aliphatic carbocycles. The topological polar surface area (TPSA) is 76.2 Å². The molecule has 3 N–H and O–H groups in total. The quantitative estimate of drug-likeness (QED) is 0.753. The minimum absolute atomic E-state index is 0.122. The summed E-state index contributed by atoms with van der Waals surface area (Å²) in [5.41, 5.74) is 6.60. The van der Waals surface area contributed by atoms with Crippen molar-refractivity contribution in [2.24, 2.45) is 5.73 Å². The van der Waals surface area contributed by atoms with Crippen LogP contribution in [0.3, 0.4) is 0 Å². The van der Waals surface area contributed by atoms with Crippen LogP contribution in [0, 0.1) is 6.92 Å². The van der Waals surface area contributed by atoms with E-state index in [2.05, 4.69) is 4.98 Å². The van der Waals surface area contributed by atoms with Gasteiger partial charge in [0.25, 0.3) is 0 Å². The molecule has 76 valence electrons. The van der Waals surface area contributed by atoms with Gasteiger partial charge in [0.2, 0.25) is 0 Å². The van der Waals surface area contributed by atoms with Gasteiger partial charge < -0.3 is 10.8 Å². The van der Waals surface area contributed by atoms with E-state index in [9.17, 15) is 4.79 Å². The Morgan fingerprint density at radius 3 is 2.86 bits per heavy atom. The molecule has 14 heavy (non-hydrogen) atoms. The van der Waals surface area contributed by atoms with Gasteiger partial charge in [0.05, 0.1) is 17.7 Å². The molecular weight excluding hydrogens is 180 g/mol. The molecule has 1 aromatic heterocycles. The maximum Gasteiger partial charge on any atom is 0.305 e. The molecule has 0 bridgehead atoms. The number of aliphatic carboxylic acids is 1. The van der Waals surface area contributed by atoms with Crippen LogP contribution in [0.4, 0.5) is 0 Å². The van der Waals surface area contributed by atoms with Gasteiger partial charge in [-0.05, 0) is 31.5 Å². The lowest BCUT2D eigenvalue weighted by Gasteiger charge is -2.21. The molecule has 1 atom stereocenters. The summed E-state index contributed by atoms with van der Waals surface area (Å²) in [5.74, 6) is -0.918.